The molecule has 0 aliphatic rings. The van der Waals surface area contributed by atoms with Crippen LogP contribution in [0.3, 0.4) is 0 Å². The summed E-state index contributed by atoms with van der Waals surface area (Å²) in [7, 11) is 0. The summed E-state index contributed by atoms with van der Waals surface area (Å²) in [4.78, 5) is 8.84. The van der Waals surface area contributed by atoms with Gasteiger partial charge in [-0.2, -0.15) is 4.98 Å². The van der Waals surface area contributed by atoms with Gasteiger partial charge in [0.25, 0.3) is 0 Å². The van der Waals surface area contributed by atoms with E-state index in [2.05, 4.69) is 25.9 Å². The molecule has 1 aromatic carbocycles. The minimum Gasteiger partial charge on any atom is -0.438 e. The van der Waals surface area contributed by atoms with Gasteiger partial charge in [-0.05, 0) is 35.2 Å². The first-order chi connectivity index (χ1) is 9.11. The molecule has 3 rings (SSSR count). The van der Waals surface area contributed by atoms with E-state index in [1.54, 1.807) is 6.07 Å². The third-order valence-corrected chi connectivity index (χ3v) is 3.75. The Kier molecular flexibility index (Phi) is 3.38. The quantitative estimate of drug-likeness (QED) is 0.601. The lowest BCUT2D eigenvalue weighted by molar-refractivity contribution is 0.463. The van der Waals surface area contributed by atoms with Gasteiger partial charge in [0.05, 0.1) is 5.39 Å². The number of thiophene rings is 1. The van der Waals surface area contributed by atoms with E-state index in [4.69, 9.17) is 16.3 Å². The monoisotopic (exact) mass is 358 g/mol. The standard InChI is InChI=1S/C12H5BrClFN2OS/c13-6-3-7(15)5-8(4-6)18-10-9-1-2-19-11(9)17-12(14)16-10/h1-5H. The van der Waals surface area contributed by atoms with Gasteiger partial charge in [0.2, 0.25) is 11.2 Å². The van der Waals surface area contributed by atoms with E-state index in [0.717, 1.165) is 10.2 Å². The lowest BCUT2D eigenvalue weighted by Crippen LogP contribution is -1.92. The minimum atomic E-state index is -0.397. The fourth-order valence-corrected chi connectivity index (χ4v) is 2.99. The molecule has 0 bridgehead atoms. The van der Waals surface area contributed by atoms with Crippen LogP contribution in [0.1, 0.15) is 0 Å². The number of fused-ring (bicyclic) bond motifs is 1. The highest BCUT2D eigenvalue weighted by Crippen LogP contribution is 2.32. The molecule has 0 N–H and O–H groups in total. The van der Waals surface area contributed by atoms with Gasteiger partial charge in [0.1, 0.15) is 16.4 Å². The molecule has 0 radical (unpaired) electrons. The minimum absolute atomic E-state index is 0.0976. The summed E-state index contributed by atoms with van der Waals surface area (Å²) in [6.45, 7) is 0. The van der Waals surface area contributed by atoms with Crippen molar-refractivity contribution in [1.29, 1.82) is 0 Å². The van der Waals surface area contributed by atoms with Crippen LogP contribution < -0.4 is 4.74 Å². The van der Waals surface area contributed by atoms with Crippen molar-refractivity contribution in [2.45, 2.75) is 0 Å². The highest BCUT2D eigenvalue weighted by molar-refractivity contribution is 9.10. The largest absolute Gasteiger partial charge is 0.438 e. The van der Waals surface area contributed by atoms with Crippen molar-refractivity contribution in [3.8, 4) is 11.6 Å². The van der Waals surface area contributed by atoms with Crippen molar-refractivity contribution >= 4 is 49.1 Å². The van der Waals surface area contributed by atoms with Gasteiger partial charge in [-0.1, -0.05) is 15.9 Å². The van der Waals surface area contributed by atoms with E-state index < -0.39 is 5.82 Å². The Hall–Kier alpha value is -1.24. The molecule has 0 atom stereocenters. The van der Waals surface area contributed by atoms with Crippen LogP contribution in [0.25, 0.3) is 10.2 Å². The van der Waals surface area contributed by atoms with Crippen molar-refractivity contribution < 1.29 is 9.13 Å². The molecule has 0 amide bonds. The zero-order valence-corrected chi connectivity index (χ0v) is 12.4. The molecule has 0 fully saturated rings. The zero-order chi connectivity index (χ0) is 13.4. The van der Waals surface area contributed by atoms with Gasteiger partial charge >= 0.3 is 0 Å². The number of hydrogen-bond donors (Lipinski definition) is 0. The molecule has 2 heterocycles. The second kappa shape index (κ2) is 5.03. The first-order valence-corrected chi connectivity index (χ1v) is 7.21. The van der Waals surface area contributed by atoms with Crippen LogP contribution >= 0.6 is 38.9 Å². The molecule has 3 nitrogen and oxygen atoms in total. The Morgan fingerprint density at radius 1 is 1.26 bits per heavy atom. The maximum absolute atomic E-state index is 13.3. The summed E-state index contributed by atoms with van der Waals surface area (Å²) in [5.41, 5.74) is 0. The maximum atomic E-state index is 13.3. The van der Waals surface area contributed by atoms with Crippen LogP contribution in [-0.2, 0) is 0 Å². The van der Waals surface area contributed by atoms with Crippen molar-refractivity contribution in [3.05, 3.63) is 45.2 Å². The zero-order valence-electron chi connectivity index (χ0n) is 9.23. The molecule has 0 spiro atoms. The number of benzene rings is 1. The van der Waals surface area contributed by atoms with Gasteiger partial charge in [0.15, 0.2) is 0 Å². The average Bonchev–Trinajstić information content (AvgIpc) is 2.75. The smallest absolute Gasteiger partial charge is 0.232 e. The van der Waals surface area contributed by atoms with Gasteiger partial charge < -0.3 is 4.74 Å². The van der Waals surface area contributed by atoms with Gasteiger partial charge in [-0.15, -0.1) is 11.3 Å². The van der Waals surface area contributed by atoms with E-state index in [9.17, 15) is 4.39 Å². The van der Waals surface area contributed by atoms with Crippen molar-refractivity contribution in [2.24, 2.45) is 0 Å². The highest BCUT2D eigenvalue weighted by atomic mass is 79.9. The molecule has 96 valence electrons. The molecular formula is C12H5BrClFN2OS. The first kappa shape index (κ1) is 12.8. The lowest BCUT2D eigenvalue weighted by Gasteiger charge is -2.06. The Morgan fingerprint density at radius 2 is 2.11 bits per heavy atom. The Bertz CT molecular complexity index is 744. The molecule has 2 aromatic heterocycles. The topological polar surface area (TPSA) is 35.0 Å². The number of hydrogen-bond acceptors (Lipinski definition) is 4. The Balaban J connectivity index is 2.07. The molecule has 0 unspecified atom stereocenters. The first-order valence-electron chi connectivity index (χ1n) is 5.16. The van der Waals surface area contributed by atoms with Crippen LogP contribution in [0, 0.1) is 5.82 Å². The summed E-state index contributed by atoms with van der Waals surface area (Å²) in [5.74, 6) is 0.258. The molecule has 0 saturated carbocycles. The van der Waals surface area contributed by atoms with Crippen molar-refractivity contribution in [1.82, 2.24) is 9.97 Å². The summed E-state index contributed by atoms with van der Waals surface area (Å²) in [6, 6.07) is 6.11. The lowest BCUT2D eigenvalue weighted by atomic mass is 10.3. The number of ether oxygens (including phenoxy) is 1. The number of rotatable bonds is 2. The van der Waals surface area contributed by atoms with Gasteiger partial charge in [-0.3, -0.25) is 0 Å². The van der Waals surface area contributed by atoms with Crippen LogP contribution in [0.4, 0.5) is 4.39 Å². The third kappa shape index (κ3) is 2.70. The number of nitrogens with zero attached hydrogens (tertiary/aromatic N) is 2. The summed E-state index contributed by atoms with van der Waals surface area (Å²) in [6.07, 6.45) is 0. The molecule has 19 heavy (non-hydrogen) atoms. The van der Waals surface area contributed by atoms with Crippen LogP contribution in [0.5, 0.6) is 11.6 Å². The molecule has 0 aliphatic carbocycles. The van der Waals surface area contributed by atoms with E-state index in [1.807, 2.05) is 11.4 Å². The highest BCUT2D eigenvalue weighted by Gasteiger charge is 2.11. The fourth-order valence-electron chi connectivity index (χ4n) is 1.58. The molecule has 0 saturated heterocycles. The summed E-state index contributed by atoms with van der Waals surface area (Å²) >= 11 is 10.5. The maximum Gasteiger partial charge on any atom is 0.232 e. The Labute approximate surface area is 125 Å². The molecular weight excluding hydrogens is 355 g/mol. The van der Waals surface area contributed by atoms with E-state index in [0.29, 0.717) is 16.1 Å². The fraction of sp³-hybridized carbons (Fsp3) is 0. The number of aromatic nitrogens is 2. The Morgan fingerprint density at radius 3 is 2.89 bits per heavy atom. The molecule has 0 aliphatic heterocycles. The van der Waals surface area contributed by atoms with Crippen LogP contribution in [0.2, 0.25) is 5.28 Å². The third-order valence-electron chi connectivity index (χ3n) is 2.31. The molecule has 7 heteroatoms. The predicted molar refractivity (Wildman–Crippen MR) is 76.6 cm³/mol. The van der Waals surface area contributed by atoms with E-state index >= 15 is 0 Å². The van der Waals surface area contributed by atoms with Gasteiger partial charge in [-0.25, -0.2) is 9.37 Å². The summed E-state index contributed by atoms with van der Waals surface area (Å²) < 4.78 is 19.5. The molecule has 3 aromatic rings. The second-order valence-electron chi connectivity index (χ2n) is 3.64. The predicted octanol–water partition coefficient (Wildman–Crippen LogP) is 5.04. The number of halogens is 3. The van der Waals surface area contributed by atoms with Crippen LogP contribution in [-0.4, -0.2) is 9.97 Å². The van der Waals surface area contributed by atoms with Crippen molar-refractivity contribution in [3.63, 3.8) is 0 Å². The summed E-state index contributed by atoms with van der Waals surface area (Å²) in [5, 5.41) is 2.71. The van der Waals surface area contributed by atoms with E-state index in [-0.39, 0.29) is 5.28 Å². The average molecular weight is 360 g/mol. The second-order valence-corrected chi connectivity index (χ2v) is 5.79. The van der Waals surface area contributed by atoms with Gasteiger partial charge in [0, 0.05) is 10.5 Å². The normalized spacial score (nSPS) is 10.9. The SMILES string of the molecule is Fc1cc(Br)cc(Oc2nc(Cl)nc3sccc23)c1. The van der Waals surface area contributed by atoms with Crippen molar-refractivity contribution in [2.75, 3.05) is 0 Å². The van der Waals surface area contributed by atoms with E-state index in [1.165, 1.54) is 23.5 Å². The van der Waals surface area contributed by atoms with Crippen LogP contribution in [0.15, 0.2) is 34.1 Å².